The second kappa shape index (κ2) is 6.47. The number of ether oxygens (including phenoxy) is 2. The summed E-state index contributed by atoms with van der Waals surface area (Å²) in [6.45, 7) is 1.56. The molecule has 0 radical (unpaired) electrons. The van der Waals surface area contributed by atoms with Crippen molar-refractivity contribution < 1.29 is 19.4 Å². The molecule has 2 N–H and O–H groups in total. The van der Waals surface area contributed by atoms with Crippen LogP contribution in [0.1, 0.15) is 17.3 Å². The number of rotatable bonds is 5. The number of methoxy groups -OCH3 is 2. The van der Waals surface area contributed by atoms with Gasteiger partial charge < -0.3 is 19.9 Å². The third-order valence-corrected chi connectivity index (χ3v) is 2.63. The number of benzene rings is 1. The first-order valence-electron chi connectivity index (χ1n) is 5.36. The van der Waals surface area contributed by atoms with E-state index in [0.717, 1.165) is 0 Å². The van der Waals surface area contributed by atoms with Crippen molar-refractivity contribution in [2.45, 2.75) is 13.0 Å². The Kier molecular flexibility index (Phi) is 5.25. The summed E-state index contributed by atoms with van der Waals surface area (Å²) >= 11 is 5.99. The highest BCUT2D eigenvalue weighted by molar-refractivity contribution is 6.32. The molecule has 1 atom stereocenters. The molecule has 0 aromatic heterocycles. The van der Waals surface area contributed by atoms with E-state index in [-0.39, 0.29) is 18.6 Å². The average molecular weight is 274 g/mol. The molecule has 0 aliphatic rings. The second-order valence-electron chi connectivity index (χ2n) is 3.75. The van der Waals surface area contributed by atoms with Gasteiger partial charge in [0.1, 0.15) is 0 Å². The van der Waals surface area contributed by atoms with Gasteiger partial charge in [-0.25, -0.2) is 0 Å². The van der Waals surface area contributed by atoms with Gasteiger partial charge in [0.2, 0.25) is 0 Å². The van der Waals surface area contributed by atoms with Crippen molar-refractivity contribution in [1.29, 1.82) is 0 Å². The highest BCUT2D eigenvalue weighted by atomic mass is 35.5. The molecular formula is C12H16ClNO4. The van der Waals surface area contributed by atoms with Crippen LogP contribution in [0.2, 0.25) is 5.02 Å². The zero-order valence-electron chi connectivity index (χ0n) is 10.5. The first-order chi connectivity index (χ1) is 8.53. The average Bonchev–Trinajstić information content (AvgIpc) is 2.37. The van der Waals surface area contributed by atoms with Crippen molar-refractivity contribution in [1.82, 2.24) is 5.32 Å². The normalized spacial score (nSPS) is 11.8. The number of hydrogen-bond acceptors (Lipinski definition) is 4. The van der Waals surface area contributed by atoms with Crippen LogP contribution in [0.5, 0.6) is 11.5 Å². The first kappa shape index (κ1) is 14.6. The summed E-state index contributed by atoms with van der Waals surface area (Å²) in [5.41, 5.74) is 0.345. The molecule has 0 aliphatic heterocycles. The molecule has 0 aliphatic carbocycles. The van der Waals surface area contributed by atoms with Gasteiger partial charge in [-0.3, -0.25) is 4.79 Å². The monoisotopic (exact) mass is 273 g/mol. The van der Waals surface area contributed by atoms with Gasteiger partial charge in [0.05, 0.1) is 25.8 Å². The van der Waals surface area contributed by atoms with Crippen molar-refractivity contribution in [3.8, 4) is 11.5 Å². The van der Waals surface area contributed by atoms with E-state index in [0.29, 0.717) is 22.1 Å². The number of amides is 1. The topological polar surface area (TPSA) is 67.8 Å². The molecule has 1 aromatic carbocycles. The maximum absolute atomic E-state index is 11.9. The van der Waals surface area contributed by atoms with Crippen LogP contribution in [0, 0.1) is 0 Å². The minimum absolute atomic E-state index is 0.132. The second-order valence-corrected chi connectivity index (χ2v) is 4.16. The molecule has 0 bridgehead atoms. The summed E-state index contributed by atoms with van der Waals surface area (Å²) in [6, 6.07) is 2.69. The lowest BCUT2D eigenvalue weighted by atomic mass is 10.1. The van der Waals surface area contributed by atoms with Crippen LogP contribution in [0.25, 0.3) is 0 Å². The number of aliphatic hydroxyl groups is 1. The summed E-state index contributed by atoms with van der Waals surface area (Å²) in [6.07, 6.45) is 0. The SMILES string of the molecule is COc1cc(C(=O)N[C@H](C)CO)cc(Cl)c1OC. The van der Waals surface area contributed by atoms with Crippen LogP contribution in [0.4, 0.5) is 0 Å². The summed E-state index contributed by atoms with van der Waals surface area (Å²) in [5.74, 6) is 0.428. The van der Waals surface area contributed by atoms with Gasteiger partial charge in [0, 0.05) is 11.6 Å². The van der Waals surface area contributed by atoms with Crippen LogP contribution >= 0.6 is 11.6 Å². The van der Waals surface area contributed by atoms with Crippen LogP contribution in [-0.2, 0) is 0 Å². The minimum Gasteiger partial charge on any atom is -0.493 e. The molecule has 1 amide bonds. The van der Waals surface area contributed by atoms with Crippen molar-refractivity contribution in [3.05, 3.63) is 22.7 Å². The van der Waals surface area contributed by atoms with Crippen molar-refractivity contribution in [2.24, 2.45) is 0 Å². The van der Waals surface area contributed by atoms with Gasteiger partial charge in [0.15, 0.2) is 11.5 Å². The Morgan fingerprint density at radius 3 is 2.61 bits per heavy atom. The zero-order valence-corrected chi connectivity index (χ0v) is 11.2. The molecule has 6 heteroatoms. The van der Waals surface area contributed by atoms with Gasteiger partial charge in [-0.05, 0) is 19.1 Å². The van der Waals surface area contributed by atoms with E-state index in [4.69, 9.17) is 26.2 Å². The van der Waals surface area contributed by atoms with E-state index in [1.54, 1.807) is 6.92 Å². The molecule has 0 saturated carbocycles. The Morgan fingerprint density at radius 1 is 1.44 bits per heavy atom. The molecule has 0 heterocycles. The van der Waals surface area contributed by atoms with Crippen LogP contribution in [-0.4, -0.2) is 37.9 Å². The molecule has 0 spiro atoms. The molecule has 5 nitrogen and oxygen atoms in total. The summed E-state index contributed by atoms with van der Waals surface area (Å²) in [7, 11) is 2.93. The van der Waals surface area contributed by atoms with E-state index >= 15 is 0 Å². The number of carbonyl (C=O) groups excluding carboxylic acids is 1. The zero-order chi connectivity index (χ0) is 13.7. The summed E-state index contributed by atoms with van der Waals surface area (Å²) in [5, 5.41) is 11.8. The molecule has 100 valence electrons. The number of carbonyl (C=O) groups is 1. The van der Waals surface area contributed by atoms with Crippen LogP contribution in [0.15, 0.2) is 12.1 Å². The first-order valence-corrected chi connectivity index (χ1v) is 5.74. The minimum atomic E-state index is -0.334. The van der Waals surface area contributed by atoms with E-state index in [9.17, 15) is 4.79 Å². The Balaban J connectivity index is 3.04. The molecule has 0 unspecified atom stereocenters. The fraction of sp³-hybridized carbons (Fsp3) is 0.417. The number of hydrogen-bond donors (Lipinski definition) is 2. The standard InChI is InChI=1S/C12H16ClNO4/c1-7(6-15)14-12(16)8-4-9(13)11(18-3)10(5-8)17-2/h4-5,7,15H,6H2,1-3H3,(H,14,16)/t7-/m1/s1. The maximum atomic E-state index is 11.9. The molecule has 0 saturated heterocycles. The highest BCUT2D eigenvalue weighted by Crippen LogP contribution is 2.35. The molecular weight excluding hydrogens is 258 g/mol. The van der Waals surface area contributed by atoms with E-state index in [1.807, 2.05) is 0 Å². The summed E-state index contributed by atoms with van der Waals surface area (Å²) in [4.78, 5) is 11.9. The Bertz CT molecular complexity index is 436. The number of nitrogens with one attached hydrogen (secondary N) is 1. The number of aliphatic hydroxyl groups excluding tert-OH is 1. The third kappa shape index (κ3) is 3.27. The fourth-order valence-electron chi connectivity index (χ4n) is 1.40. The fourth-order valence-corrected chi connectivity index (χ4v) is 1.69. The van der Waals surface area contributed by atoms with Crippen LogP contribution < -0.4 is 14.8 Å². The van der Waals surface area contributed by atoms with Gasteiger partial charge in [-0.2, -0.15) is 0 Å². The number of halogens is 1. The molecule has 0 fully saturated rings. The quantitative estimate of drug-likeness (QED) is 0.852. The predicted molar refractivity (Wildman–Crippen MR) is 68.6 cm³/mol. The predicted octanol–water partition coefficient (Wildman–Crippen LogP) is 1.47. The van der Waals surface area contributed by atoms with Crippen molar-refractivity contribution >= 4 is 17.5 Å². The van der Waals surface area contributed by atoms with Crippen LogP contribution in [0.3, 0.4) is 0 Å². The lowest BCUT2D eigenvalue weighted by molar-refractivity contribution is 0.0922. The van der Waals surface area contributed by atoms with Gasteiger partial charge >= 0.3 is 0 Å². The molecule has 1 aromatic rings. The van der Waals surface area contributed by atoms with E-state index in [2.05, 4.69) is 5.32 Å². The summed E-state index contributed by atoms with van der Waals surface area (Å²) < 4.78 is 10.2. The largest absolute Gasteiger partial charge is 0.493 e. The van der Waals surface area contributed by atoms with Gasteiger partial charge in [-0.1, -0.05) is 11.6 Å². The van der Waals surface area contributed by atoms with Gasteiger partial charge in [0.25, 0.3) is 5.91 Å². The Hall–Kier alpha value is -1.46. The maximum Gasteiger partial charge on any atom is 0.251 e. The van der Waals surface area contributed by atoms with Gasteiger partial charge in [-0.15, -0.1) is 0 Å². The highest BCUT2D eigenvalue weighted by Gasteiger charge is 2.16. The molecule has 18 heavy (non-hydrogen) atoms. The van der Waals surface area contributed by atoms with E-state index < -0.39 is 0 Å². The smallest absolute Gasteiger partial charge is 0.251 e. The Labute approximate surface area is 111 Å². The Morgan fingerprint density at radius 2 is 2.11 bits per heavy atom. The van der Waals surface area contributed by atoms with E-state index in [1.165, 1.54) is 26.4 Å². The lowest BCUT2D eigenvalue weighted by Gasteiger charge is -2.14. The molecule has 1 rings (SSSR count). The third-order valence-electron chi connectivity index (χ3n) is 2.35. The van der Waals surface area contributed by atoms with Crippen molar-refractivity contribution in [2.75, 3.05) is 20.8 Å². The lowest BCUT2D eigenvalue weighted by Crippen LogP contribution is -2.35. The van der Waals surface area contributed by atoms with Crippen molar-refractivity contribution in [3.63, 3.8) is 0 Å².